The summed E-state index contributed by atoms with van der Waals surface area (Å²) in [6.45, 7) is 0.348. The lowest BCUT2D eigenvalue weighted by molar-refractivity contribution is 0.101. The summed E-state index contributed by atoms with van der Waals surface area (Å²) in [6, 6.07) is 14.6. The van der Waals surface area contributed by atoms with Crippen molar-refractivity contribution in [2.75, 3.05) is 27.2 Å². The number of rotatable bonds is 5. The van der Waals surface area contributed by atoms with E-state index in [0.717, 1.165) is 12.1 Å². The van der Waals surface area contributed by atoms with Crippen molar-refractivity contribution in [1.82, 2.24) is 4.98 Å². The van der Waals surface area contributed by atoms with Gasteiger partial charge in [-0.05, 0) is 55.0 Å². The van der Waals surface area contributed by atoms with Gasteiger partial charge in [0.1, 0.15) is 11.5 Å². The number of hydrogen-bond donors (Lipinski definition) is 2. The van der Waals surface area contributed by atoms with Crippen molar-refractivity contribution in [1.29, 1.82) is 0 Å². The fourth-order valence-corrected chi connectivity index (χ4v) is 4.89. The Hall–Kier alpha value is -3.79. The van der Waals surface area contributed by atoms with Gasteiger partial charge in [-0.3, -0.25) is 18.9 Å². The van der Waals surface area contributed by atoms with Gasteiger partial charge < -0.3 is 10.6 Å². The van der Waals surface area contributed by atoms with Gasteiger partial charge in [-0.2, -0.15) is 0 Å². The molecule has 1 aromatic heterocycles. The summed E-state index contributed by atoms with van der Waals surface area (Å²) in [7, 11) is -3.40. The molecule has 1 fully saturated rings. The molecule has 1 aliphatic rings. The van der Waals surface area contributed by atoms with Crippen LogP contribution in [0.3, 0.4) is 0 Å². The molecule has 4 rings (SSSR count). The average Bonchev–Trinajstić information content (AvgIpc) is 3.15. The first-order chi connectivity index (χ1) is 15.3. The Balaban J connectivity index is 1.57. The largest absolute Gasteiger partial charge is 0.320 e. The van der Waals surface area contributed by atoms with Gasteiger partial charge in [-0.15, -0.1) is 0 Å². The molecule has 0 bridgehead atoms. The zero-order valence-corrected chi connectivity index (χ0v) is 17.6. The lowest BCUT2D eigenvalue weighted by atomic mass is 10.1. The summed E-state index contributed by atoms with van der Waals surface area (Å²) < 4.78 is 39.5. The molecule has 0 atom stereocenters. The maximum Gasteiger partial charge on any atom is 0.274 e. The van der Waals surface area contributed by atoms with Gasteiger partial charge in [0.15, 0.2) is 0 Å². The minimum Gasteiger partial charge on any atom is -0.320 e. The molecule has 10 heteroatoms. The normalized spacial score (nSPS) is 14.7. The van der Waals surface area contributed by atoms with Crippen molar-refractivity contribution >= 4 is 38.9 Å². The van der Waals surface area contributed by atoms with E-state index in [0.29, 0.717) is 18.7 Å². The Labute approximate surface area is 184 Å². The van der Waals surface area contributed by atoms with Crippen LogP contribution in [-0.2, 0) is 10.0 Å². The average molecular weight is 454 g/mol. The highest BCUT2D eigenvalue weighted by Gasteiger charge is 2.28. The predicted octanol–water partition coefficient (Wildman–Crippen LogP) is 3.27. The first kappa shape index (κ1) is 21.4. The van der Waals surface area contributed by atoms with Crippen molar-refractivity contribution in [2.24, 2.45) is 0 Å². The summed E-state index contributed by atoms with van der Waals surface area (Å²) in [4.78, 5) is 29.2. The van der Waals surface area contributed by atoms with E-state index < -0.39 is 27.7 Å². The molecule has 0 aliphatic carbocycles. The zero-order valence-electron chi connectivity index (χ0n) is 16.8. The first-order valence-electron chi connectivity index (χ1n) is 9.77. The highest BCUT2D eigenvalue weighted by Crippen LogP contribution is 2.27. The number of halogens is 1. The van der Waals surface area contributed by atoms with Crippen LogP contribution in [0.1, 0.15) is 27.3 Å². The highest BCUT2D eigenvalue weighted by atomic mass is 32.2. The Kier molecular flexibility index (Phi) is 5.87. The van der Waals surface area contributed by atoms with E-state index in [1.807, 2.05) is 0 Å². The van der Waals surface area contributed by atoms with E-state index >= 15 is 0 Å². The standard InChI is InChI=1S/C22H19FN4O4S/c23-16-8-9-18(25-22(29)19-7-1-2-10-24-19)20(14-16)26-21(28)15-5-3-6-17(13-15)27-11-4-12-32(27,30)31/h1-3,5-10,13-14H,4,11-12H2,(H,25,29)(H,26,28). The smallest absolute Gasteiger partial charge is 0.274 e. The molecule has 3 aromatic rings. The fraction of sp³-hybridized carbons (Fsp3) is 0.136. The molecule has 0 radical (unpaired) electrons. The summed E-state index contributed by atoms with van der Waals surface area (Å²) in [5, 5.41) is 5.19. The van der Waals surface area contributed by atoms with Gasteiger partial charge in [0, 0.05) is 18.3 Å². The molecule has 2 N–H and O–H groups in total. The lowest BCUT2D eigenvalue weighted by Gasteiger charge is -2.18. The number of carbonyl (C=O) groups excluding carboxylic acids is 2. The van der Waals surface area contributed by atoms with E-state index in [2.05, 4.69) is 15.6 Å². The van der Waals surface area contributed by atoms with Crippen LogP contribution in [-0.4, -0.2) is 37.5 Å². The molecule has 0 spiro atoms. The molecular weight excluding hydrogens is 435 g/mol. The van der Waals surface area contributed by atoms with Crippen molar-refractivity contribution in [2.45, 2.75) is 6.42 Å². The molecule has 0 saturated carbocycles. The van der Waals surface area contributed by atoms with Crippen molar-refractivity contribution < 1.29 is 22.4 Å². The van der Waals surface area contributed by atoms with E-state index in [9.17, 15) is 22.4 Å². The van der Waals surface area contributed by atoms with Crippen LogP contribution < -0.4 is 14.9 Å². The van der Waals surface area contributed by atoms with Gasteiger partial charge in [0.2, 0.25) is 10.0 Å². The third-order valence-electron chi connectivity index (χ3n) is 4.87. The number of amides is 2. The molecule has 2 heterocycles. The van der Waals surface area contributed by atoms with Crippen molar-refractivity contribution in [3.8, 4) is 0 Å². The molecule has 164 valence electrons. The Morgan fingerprint density at radius 3 is 2.47 bits per heavy atom. The van der Waals surface area contributed by atoms with Gasteiger partial charge in [-0.1, -0.05) is 12.1 Å². The lowest BCUT2D eigenvalue weighted by Crippen LogP contribution is -2.25. The quantitative estimate of drug-likeness (QED) is 0.615. The van der Waals surface area contributed by atoms with E-state index in [1.165, 1.54) is 34.8 Å². The number of anilines is 3. The topological polar surface area (TPSA) is 108 Å². The number of hydrogen-bond acceptors (Lipinski definition) is 5. The number of nitrogens with zero attached hydrogens (tertiary/aromatic N) is 2. The maximum atomic E-state index is 13.9. The minimum absolute atomic E-state index is 0.0541. The Morgan fingerprint density at radius 2 is 1.75 bits per heavy atom. The second-order valence-corrected chi connectivity index (χ2v) is 9.12. The number of pyridine rings is 1. The minimum atomic E-state index is -3.40. The molecule has 32 heavy (non-hydrogen) atoms. The summed E-state index contributed by atoms with van der Waals surface area (Å²) in [5.74, 6) is -1.64. The number of sulfonamides is 1. The molecule has 1 aliphatic heterocycles. The van der Waals surface area contributed by atoms with Crippen LogP contribution in [0.5, 0.6) is 0 Å². The molecule has 2 aromatic carbocycles. The first-order valence-corrected chi connectivity index (χ1v) is 11.4. The molecular formula is C22H19FN4O4S. The fourth-order valence-electron chi connectivity index (χ4n) is 3.34. The number of benzene rings is 2. The SMILES string of the molecule is O=C(Nc1cc(F)ccc1NC(=O)c1ccccn1)c1cccc(N2CCCS2(=O)=O)c1. The highest BCUT2D eigenvalue weighted by molar-refractivity contribution is 7.93. The number of nitrogens with one attached hydrogen (secondary N) is 2. The van der Waals surface area contributed by atoms with Crippen LogP contribution in [0.15, 0.2) is 66.9 Å². The van der Waals surface area contributed by atoms with E-state index in [1.54, 1.807) is 24.3 Å². The third kappa shape index (κ3) is 4.59. The summed E-state index contributed by atoms with van der Waals surface area (Å²) in [5.41, 5.74) is 0.981. The summed E-state index contributed by atoms with van der Waals surface area (Å²) in [6.07, 6.45) is 1.98. The Bertz CT molecular complexity index is 1280. The van der Waals surface area contributed by atoms with Gasteiger partial charge in [0.25, 0.3) is 11.8 Å². The van der Waals surface area contributed by atoms with Crippen LogP contribution in [0.25, 0.3) is 0 Å². The van der Waals surface area contributed by atoms with Crippen molar-refractivity contribution in [3.05, 3.63) is 83.9 Å². The van der Waals surface area contributed by atoms with Gasteiger partial charge in [0.05, 0.1) is 22.8 Å². The monoisotopic (exact) mass is 454 g/mol. The molecule has 8 nitrogen and oxygen atoms in total. The second-order valence-electron chi connectivity index (χ2n) is 7.11. The van der Waals surface area contributed by atoms with Crippen LogP contribution in [0.2, 0.25) is 0 Å². The predicted molar refractivity (Wildman–Crippen MR) is 119 cm³/mol. The van der Waals surface area contributed by atoms with Gasteiger partial charge in [-0.25, -0.2) is 12.8 Å². The molecule has 2 amide bonds. The number of aromatic nitrogens is 1. The molecule has 0 unspecified atom stereocenters. The van der Waals surface area contributed by atoms with Gasteiger partial charge >= 0.3 is 0 Å². The Morgan fingerprint density at radius 1 is 0.938 bits per heavy atom. The van der Waals surface area contributed by atoms with E-state index in [-0.39, 0.29) is 28.4 Å². The van der Waals surface area contributed by atoms with Crippen LogP contribution >= 0.6 is 0 Å². The summed E-state index contributed by atoms with van der Waals surface area (Å²) >= 11 is 0. The van der Waals surface area contributed by atoms with E-state index in [4.69, 9.17) is 0 Å². The van der Waals surface area contributed by atoms with Crippen LogP contribution in [0.4, 0.5) is 21.5 Å². The third-order valence-corrected chi connectivity index (χ3v) is 6.74. The molecule has 1 saturated heterocycles. The number of carbonyl (C=O) groups is 2. The zero-order chi connectivity index (χ0) is 22.7. The van der Waals surface area contributed by atoms with Crippen LogP contribution in [0, 0.1) is 5.82 Å². The van der Waals surface area contributed by atoms with Crippen molar-refractivity contribution in [3.63, 3.8) is 0 Å². The second kappa shape index (κ2) is 8.75. The maximum absolute atomic E-state index is 13.9.